The average molecular weight is 348 g/mol. The number of benzene rings is 1. The third kappa shape index (κ3) is 2.09. The van der Waals surface area contributed by atoms with Crippen LogP contribution in [-0.2, 0) is 18.2 Å². The minimum absolute atomic E-state index is 0.0518. The van der Waals surface area contributed by atoms with Crippen LogP contribution in [0.2, 0.25) is 0 Å². The largest absolute Gasteiger partial charge is 0.422 e. The van der Waals surface area contributed by atoms with E-state index in [1.807, 2.05) is 0 Å². The number of halogens is 6. The zero-order chi connectivity index (χ0) is 17.9. The maximum atomic E-state index is 13.4. The van der Waals surface area contributed by atoms with Crippen molar-refractivity contribution in [3.05, 3.63) is 35.0 Å². The maximum Gasteiger partial charge on any atom is 0.422 e. The Kier molecular flexibility index (Phi) is 3.39. The van der Waals surface area contributed by atoms with Gasteiger partial charge < -0.3 is 5.11 Å². The van der Waals surface area contributed by atoms with E-state index >= 15 is 0 Å². The third-order valence-electron chi connectivity index (χ3n) is 4.33. The second-order valence-corrected chi connectivity index (χ2v) is 5.67. The molecule has 0 spiro atoms. The first kappa shape index (κ1) is 16.6. The van der Waals surface area contributed by atoms with E-state index in [9.17, 15) is 36.7 Å². The molecule has 1 aromatic heterocycles. The summed E-state index contributed by atoms with van der Waals surface area (Å²) >= 11 is 0. The molecule has 9 heteroatoms. The summed E-state index contributed by atoms with van der Waals surface area (Å²) < 4.78 is 80.1. The molecule has 0 saturated carbocycles. The first-order valence-electron chi connectivity index (χ1n) is 6.95. The van der Waals surface area contributed by atoms with Gasteiger partial charge in [-0.15, -0.1) is 0 Å². The Morgan fingerprint density at radius 1 is 1.17 bits per heavy atom. The molecular weight excluding hydrogens is 338 g/mol. The Hall–Kier alpha value is -2.21. The maximum absolute atomic E-state index is 13.4. The molecule has 2 aromatic rings. The summed E-state index contributed by atoms with van der Waals surface area (Å²) in [5, 5.41) is 19.3. The highest BCUT2D eigenvalue weighted by Gasteiger charge is 2.59. The van der Waals surface area contributed by atoms with Crippen molar-refractivity contribution >= 4 is 10.9 Å². The van der Waals surface area contributed by atoms with Crippen LogP contribution in [0.3, 0.4) is 0 Å². The van der Waals surface area contributed by atoms with Gasteiger partial charge in [-0.1, -0.05) is 12.1 Å². The molecule has 1 aromatic carbocycles. The van der Waals surface area contributed by atoms with Gasteiger partial charge in [0.2, 0.25) is 5.60 Å². The molecule has 0 amide bonds. The molecule has 0 saturated heterocycles. The summed E-state index contributed by atoms with van der Waals surface area (Å²) in [6.07, 6.45) is -9.28. The van der Waals surface area contributed by atoms with E-state index < -0.39 is 41.1 Å². The molecule has 0 aliphatic heterocycles. The number of hydrogen-bond acceptors (Lipinski definition) is 2. The van der Waals surface area contributed by atoms with Gasteiger partial charge in [-0.3, -0.25) is 0 Å². The van der Waals surface area contributed by atoms with Crippen LogP contribution in [0.15, 0.2) is 18.2 Å². The zero-order valence-electron chi connectivity index (χ0n) is 12.0. The normalized spacial score (nSPS) is 21.6. The van der Waals surface area contributed by atoms with E-state index in [1.54, 1.807) is 0 Å². The molecule has 1 unspecified atom stereocenters. The molecule has 1 N–H and O–H groups in total. The van der Waals surface area contributed by atoms with Crippen molar-refractivity contribution in [3.8, 4) is 6.19 Å². The van der Waals surface area contributed by atoms with Gasteiger partial charge in [0.25, 0.3) is 0 Å². The van der Waals surface area contributed by atoms with E-state index in [0.29, 0.717) is 6.07 Å². The fraction of sp³-hybridized carbons (Fsp3) is 0.400. The van der Waals surface area contributed by atoms with Crippen LogP contribution in [0.25, 0.3) is 10.9 Å². The summed E-state index contributed by atoms with van der Waals surface area (Å²) in [4.78, 5) is 0. The van der Waals surface area contributed by atoms with Crippen molar-refractivity contribution in [1.82, 2.24) is 4.57 Å². The van der Waals surface area contributed by atoms with E-state index in [2.05, 4.69) is 0 Å². The molecule has 0 fully saturated rings. The molecule has 1 atom stereocenters. The van der Waals surface area contributed by atoms with Crippen LogP contribution in [0.5, 0.6) is 0 Å². The number of nitrogens with zero attached hydrogens (tertiary/aromatic N) is 2. The van der Waals surface area contributed by atoms with E-state index in [4.69, 9.17) is 0 Å². The van der Waals surface area contributed by atoms with Crippen molar-refractivity contribution in [2.45, 2.75) is 37.2 Å². The van der Waals surface area contributed by atoms with Gasteiger partial charge in [0.15, 0.2) is 6.19 Å². The SMILES string of the molecule is N#Cn1c2c(c3cccc(C(F)(F)F)c31)CCCC2(O)C(F)(F)F. The minimum Gasteiger partial charge on any atom is -0.375 e. The Balaban J connectivity index is 2.49. The fourth-order valence-electron chi connectivity index (χ4n) is 3.33. The van der Waals surface area contributed by atoms with E-state index in [1.165, 1.54) is 12.3 Å². The Morgan fingerprint density at radius 2 is 1.83 bits per heavy atom. The lowest BCUT2D eigenvalue weighted by atomic mass is 9.82. The standard InChI is InChI=1S/C15H10F6N2O/c16-14(17,18)10-5-1-3-8-9-4-2-6-13(24,15(19,20)21)12(9)23(7-22)11(8)10/h1,3,5,24H,2,4,6H2. The monoisotopic (exact) mass is 348 g/mol. The van der Waals surface area contributed by atoms with E-state index in [0.717, 1.165) is 6.07 Å². The molecule has 0 bridgehead atoms. The van der Waals surface area contributed by atoms with Crippen LogP contribution in [0, 0.1) is 11.5 Å². The van der Waals surface area contributed by atoms with Crippen molar-refractivity contribution < 1.29 is 31.4 Å². The second-order valence-electron chi connectivity index (χ2n) is 5.67. The van der Waals surface area contributed by atoms with Crippen molar-refractivity contribution in [3.63, 3.8) is 0 Å². The fourth-order valence-corrected chi connectivity index (χ4v) is 3.33. The molecule has 0 radical (unpaired) electrons. The van der Waals surface area contributed by atoms with E-state index in [-0.39, 0.29) is 28.4 Å². The Bertz CT molecular complexity index is 858. The number of alkyl halides is 6. The van der Waals surface area contributed by atoms with Crippen LogP contribution in [-0.4, -0.2) is 15.8 Å². The predicted molar refractivity (Wildman–Crippen MR) is 70.8 cm³/mol. The average Bonchev–Trinajstić information content (AvgIpc) is 2.80. The Morgan fingerprint density at radius 3 is 2.38 bits per heavy atom. The second kappa shape index (κ2) is 4.89. The van der Waals surface area contributed by atoms with Gasteiger partial charge in [-0.25, -0.2) is 4.57 Å². The third-order valence-corrected chi connectivity index (χ3v) is 4.33. The highest BCUT2D eigenvalue weighted by molar-refractivity contribution is 5.90. The quantitative estimate of drug-likeness (QED) is 0.730. The molecule has 3 rings (SSSR count). The summed E-state index contributed by atoms with van der Waals surface area (Å²) in [7, 11) is 0. The summed E-state index contributed by atoms with van der Waals surface area (Å²) in [5.41, 5.74) is -6.08. The predicted octanol–water partition coefficient (Wildman–Crippen LogP) is 4.08. The van der Waals surface area contributed by atoms with Crippen LogP contribution >= 0.6 is 0 Å². The van der Waals surface area contributed by atoms with Crippen LogP contribution < -0.4 is 0 Å². The summed E-state index contributed by atoms with van der Waals surface area (Å²) in [5.74, 6) is 0. The minimum atomic E-state index is -5.11. The number of aliphatic hydroxyl groups is 1. The molecule has 24 heavy (non-hydrogen) atoms. The first-order chi connectivity index (χ1) is 11.0. The molecule has 128 valence electrons. The van der Waals surface area contributed by atoms with Gasteiger partial charge in [0.1, 0.15) is 0 Å². The van der Waals surface area contributed by atoms with Gasteiger partial charge in [-0.2, -0.15) is 31.6 Å². The van der Waals surface area contributed by atoms with Crippen molar-refractivity contribution in [2.75, 3.05) is 0 Å². The van der Waals surface area contributed by atoms with Gasteiger partial charge in [-0.05, 0) is 30.9 Å². The van der Waals surface area contributed by atoms with Crippen LogP contribution in [0.1, 0.15) is 29.7 Å². The number of rotatable bonds is 0. The number of hydrogen-bond donors (Lipinski definition) is 1. The summed E-state index contributed by atoms with van der Waals surface area (Å²) in [6.45, 7) is 0. The molecule has 1 aliphatic carbocycles. The zero-order valence-corrected chi connectivity index (χ0v) is 12.0. The number of aryl methyl sites for hydroxylation is 1. The lowest BCUT2D eigenvalue weighted by Gasteiger charge is -2.34. The topological polar surface area (TPSA) is 49.0 Å². The Labute approximate surface area is 131 Å². The van der Waals surface area contributed by atoms with Crippen molar-refractivity contribution in [1.29, 1.82) is 5.26 Å². The van der Waals surface area contributed by atoms with Gasteiger partial charge >= 0.3 is 12.4 Å². The highest BCUT2D eigenvalue weighted by atomic mass is 19.4. The summed E-state index contributed by atoms with van der Waals surface area (Å²) in [6, 6.07) is 3.02. The van der Waals surface area contributed by atoms with Crippen LogP contribution in [0.4, 0.5) is 26.3 Å². The number of aromatic nitrogens is 1. The molecule has 3 nitrogen and oxygen atoms in total. The molecular formula is C15H10F6N2O. The lowest BCUT2D eigenvalue weighted by Crippen LogP contribution is -2.46. The first-order valence-corrected chi connectivity index (χ1v) is 6.95. The molecule has 1 heterocycles. The molecule has 1 aliphatic rings. The van der Waals surface area contributed by atoms with Gasteiger partial charge in [0.05, 0.1) is 16.8 Å². The van der Waals surface area contributed by atoms with Crippen molar-refractivity contribution in [2.24, 2.45) is 0 Å². The lowest BCUT2D eigenvalue weighted by molar-refractivity contribution is -0.273. The highest BCUT2D eigenvalue weighted by Crippen LogP contribution is 2.50. The number of nitriles is 1. The number of para-hydroxylation sites is 1. The number of fused-ring (bicyclic) bond motifs is 3. The smallest absolute Gasteiger partial charge is 0.375 e. The van der Waals surface area contributed by atoms with Gasteiger partial charge in [0, 0.05) is 5.39 Å².